The van der Waals surface area contributed by atoms with E-state index in [-0.39, 0.29) is 11.6 Å². The van der Waals surface area contributed by atoms with Gasteiger partial charge >= 0.3 is 12.0 Å². The molecular weight excluding hydrogens is 454 g/mol. The number of carbonyl (C=O) groups is 1. The second-order valence-corrected chi connectivity index (χ2v) is 8.57. The van der Waals surface area contributed by atoms with E-state index in [0.717, 1.165) is 37.4 Å². The Labute approximate surface area is 203 Å². The Morgan fingerprint density at radius 3 is 2.56 bits per heavy atom. The SMILES string of the molecule is C=C1NC(Oc2ccc(C)c(C(=O)O)c2)=N/C1=N/C(=C(\C)Cl)c1ccc(N2CCNCC2)cc1. The number of anilines is 1. The van der Waals surface area contributed by atoms with Crippen molar-refractivity contribution < 1.29 is 14.6 Å². The molecule has 0 amide bonds. The molecule has 0 radical (unpaired) electrons. The van der Waals surface area contributed by atoms with E-state index in [2.05, 4.69) is 44.2 Å². The Morgan fingerprint density at radius 2 is 1.91 bits per heavy atom. The number of carboxylic acid groups (broad SMARTS) is 1. The molecule has 176 valence electrons. The molecular formula is C25H26ClN5O3. The lowest BCUT2D eigenvalue weighted by atomic mass is 10.1. The summed E-state index contributed by atoms with van der Waals surface area (Å²) in [6, 6.07) is 13.1. The lowest BCUT2D eigenvalue weighted by Gasteiger charge is -2.29. The molecule has 2 aromatic rings. The third-order valence-electron chi connectivity index (χ3n) is 5.56. The zero-order chi connectivity index (χ0) is 24.2. The number of nitrogens with zero attached hydrogens (tertiary/aromatic N) is 3. The number of aliphatic imine (C=N–C) groups is 2. The van der Waals surface area contributed by atoms with Gasteiger partial charge in [0.2, 0.25) is 0 Å². The maximum Gasteiger partial charge on any atom is 0.336 e. The molecule has 0 saturated carbocycles. The highest BCUT2D eigenvalue weighted by Crippen LogP contribution is 2.27. The fourth-order valence-electron chi connectivity index (χ4n) is 3.72. The van der Waals surface area contributed by atoms with Crippen molar-refractivity contribution in [1.29, 1.82) is 0 Å². The molecule has 0 atom stereocenters. The average Bonchev–Trinajstić information content (AvgIpc) is 3.17. The number of aromatic carboxylic acids is 1. The summed E-state index contributed by atoms with van der Waals surface area (Å²) in [6.07, 6.45) is 0. The molecule has 0 aliphatic carbocycles. The minimum absolute atomic E-state index is 0.157. The van der Waals surface area contributed by atoms with E-state index in [1.807, 2.05) is 12.1 Å². The van der Waals surface area contributed by atoms with Crippen LogP contribution in [0, 0.1) is 6.92 Å². The number of halogens is 1. The zero-order valence-corrected chi connectivity index (χ0v) is 19.8. The minimum atomic E-state index is -1.02. The zero-order valence-electron chi connectivity index (χ0n) is 19.1. The van der Waals surface area contributed by atoms with Crippen LogP contribution in [0.25, 0.3) is 5.70 Å². The van der Waals surface area contributed by atoms with Crippen LogP contribution in [0.1, 0.15) is 28.4 Å². The van der Waals surface area contributed by atoms with E-state index in [4.69, 9.17) is 16.3 Å². The first kappa shape index (κ1) is 23.5. The van der Waals surface area contributed by atoms with Gasteiger partial charge in [0.15, 0.2) is 5.84 Å². The molecule has 0 unspecified atom stereocenters. The van der Waals surface area contributed by atoms with Crippen molar-refractivity contribution in [3.63, 3.8) is 0 Å². The van der Waals surface area contributed by atoms with Crippen molar-refractivity contribution in [2.75, 3.05) is 31.1 Å². The quantitative estimate of drug-likeness (QED) is 0.600. The minimum Gasteiger partial charge on any atom is -0.478 e. The smallest absolute Gasteiger partial charge is 0.336 e. The van der Waals surface area contributed by atoms with Crippen LogP contribution in [-0.2, 0) is 0 Å². The predicted octanol–water partition coefficient (Wildman–Crippen LogP) is 3.98. The van der Waals surface area contributed by atoms with E-state index in [0.29, 0.717) is 33.6 Å². The van der Waals surface area contributed by atoms with Crippen molar-refractivity contribution in [1.82, 2.24) is 10.6 Å². The number of benzene rings is 2. The second kappa shape index (κ2) is 10.1. The highest BCUT2D eigenvalue weighted by molar-refractivity contribution is 6.32. The van der Waals surface area contributed by atoms with Crippen molar-refractivity contribution in [2.24, 2.45) is 9.98 Å². The summed E-state index contributed by atoms with van der Waals surface area (Å²) in [4.78, 5) is 22.7. The maximum absolute atomic E-state index is 11.4. The number of carboxylic acids is 1. The number of piperazine rings is 1. The first-order chi connectivity index (χ1) is 16.3. The monoisotopic (exact) mass is 479 g/mol. The number of rotatable bonds is 5. The Bertz CT molecular complexity index is 1210. The second-order valence-electron chi connectivity index (χ2n) is 8.01. The van der Waals surface area contributed by atoms with E-state index in [9.17, 15) is 9.90 Å². The van der Waals surface area contributed by atoms with Gasteiger partial charge in [-0.05, 0) is 43.7 Å². The summed E-state index contributed by atoms with van der Waals surface area (Å²) < 4.78 is 5.73. The summed E-state index contributed by atoms with van der Waals surface area (Å²) in [5.74, 6) is -0.343. The van der Waals surface area contributed by atoms with Crippen molar-refractivity contribution >= 4 is 40.8 Å². The molecule has 3 N–H and O–H groups in total. The number of aryl methyl sites for hydroxylation is 1. The standard InChI is InChI=1S/C25H26ClN5O3/c1-15-4-9-20(14-21(15)24(32)33)34-25-28-17(3)23(30-25)29-22(16(2)26)18-5-7-19(8-6-18)31-12-10-27-11-13-31/h4-9,14,27H,3,10-13H2,1-2H3,(H,32,33)(H,28,29,30)/b22-16+. The largest absolute Gasteiger partial charge is 0.478 e. The number of hydrogen-bond donors (Lipinski definition) is 3. The van der Waals surface area contributed by atoms with Crippen LogP contribution in [0.3, 0.4) is 0 Å². The topological polar surface area (TPSA) is 98.5 Å². The summed E-state index contributed by atoms with van der Waals surface area (Å²) in [6.45, 7) is 11.3. The molecule has 2 aromatic carbocycles. The number of ether oxygens (including phenoxy) is 1. The first-order valence-electron chi connectivity index (χ1n) is 10.9. The molecule has 2 heterocycles. The third-order valence-corrected chi connectivity index (χ3v) is 5.74. The van der Waals surface area contributed by atoms with Crippen molar-refractivity contribution in [2.45, 2.75) is 13.8 Å². The van der Waals surface area contributed by atoms with Gasteiger partial charge in [0.25, 0.3) is 0 Å². The Hall–Kier alpha value is -3.62. The van der Waals surface area contributed by atoms with Gasteiger partial charge in [-0.1, -0.05) is 36.4 Å². The van der Waals surface area contributed by atoms with Crippen LogP contribution >= 0.6 is 11.6 Å². The Morgan fingerprint density at radius 1 is 1.21 bits per heavy atom. The molecule has 0 spiro atoms. The van der Waals surface area contributed by atoms with Gasteiger partial charge in [0.1, 0.15) is 5.75 Å². The summed E-state index contributed by atoms with van der Waals surface area (Å²) in [5.41, 5.74) is 3.86. The van der Waals surface area contributed by atoms with Gasteiger partial charge in [0, 0.05) is 42.5 Å². The molecule has 1 fully saturated rings. The fourth-order valence-corrected chi connectivity index (χ4v) is 3.87. The Balaban J connectivity index is 1.55. The Kier molecular flexibility index (Phi) is 7.00. The average molecular weight is 480 g/mol. The summed E-state index contributed by atoms with van der Waals surface area (Å²) >= 11 is 6.39. The van der Waals surface area contributed by atoms with Crippen LogP contribution in [0.2, 0.25) is 0 Å². The van der Waals surface area contributed by atoms with Crippen molar-refractivity contribution in [3.8, 4) is 5.75 Å². The van der Waals surface area contributed by atoms with Gasteiger partial charge in [-0.15, -0.1) is 0 Å². The molecule has 8 nitrogen and oxygen atoms in total. The van der Waals surface area contributed by atoms with Crippen LogP contribution in [0.15, 0.2) is 69.8 Å². The summed E-state index contributed by atoms with van der Waals surface area (Å²) in [5, 5.41) is 16.1. The number of allylic oxidation sites excluding steroid dienone is 1. The normalized spacial score (nSPS) is 17.9. The lowest BCUT2D eigenvalue weighted by molar-refractivity contribution is 0.0695. The molecule has 0 bridgehead atoms. The molecule has 9 heteroatoms. The number of nitrogens with one attached hydrogen (secondary N) is 2. The van der Waals surface area contributed by atoms with Crippen LogP contribution < -0.4 is 20.3 Å². The molecule has 34 heavy (non-hydrogen) atoms. The van der Waals surface area contributed by atoms with Gasteiger partial charge < -0.3 is 25.4 Å². The lowest BCUT2D eigenvalue weighted by Crippen LogP contribution is -2.43. The van der Waals surface area contributed by atoms with Gasteiger partial charge in [-0.3, -0.25) is 0 Å². The molecule has 1 saturated heterocycles. The maximum atomic E-state index is 11.4. The van der Waals surface area contributed by atoms with E-state index in [1.54, 1.807) is 26.0 Å². The molecule has 4 rings (SSSR count). The molecule has 2 aliphatic rings. The van der Waals surface area contributed by atoms with Crippen molar-refractivity contribution in [3.05, 3.63) is 76.5 Å². The van der Waals surface area contributed by atoms with E-state index >= 15 is 0 Å². The first-order valence-corrected chi connectivity index (χ1v) is 11.3. The third kappa shape index (κ3) is 5.30. The number of amidine groups is 2. The molecule has 2 aliphatic heterocycles. The van der Waals surface area contributed by atoms with E-state index < -0.39 is 5.97 Å². The van der Waals surface area contributed by atoms with E-state index in [1.165, 1.54) is 6.07 Å². The fraction of sp³-hybridized carbons (Fsp3) is 0.240. The van der Waals surface area contributed by atoms with Gasteiger partial charge in [0.05, 0.1) is 17.0 Å². The van der Waals surface area contributed by atoms with Crippen LogP contribution in [0.4, 0.5) is 5.69 Å². The van der Waals surface area contributed by atoms with Gasteiger partial charge in [-0.2, -0.15) is 4.99 Å². The highest BCUT2D eigenvalue weighted by Gasteiger charge is 2.21. The van der Waals surface area contributed by atoms with Crippen LogP contribution in [-0.4, -0.2) is 49.1 Å². The van der Waals surface area contributed by atoms with Crippen LogP contribution in [0.5, 0.6) is 5.75 Å². The highest BCUT2D eigenvalue weighted by atomic mass is 35.5. The van der Waals surface area contributed by atoms with Gasteiger partial charge in [-0.25, -0.2) is 9.79 Å². The molecule has 0 aromatic heterocycles. The number of hydrogen-bond acceptors (Lipinski definition) is 6. The summed E-state index contributed by atoms with van der Waals surface area (Å²) in [7, 11) is 0. The predicted molar refractivity (Wildman–Crippen MR) is 136 cm³/mol.